The first-order valence-corrected chi connectivity index (χ1v) is 17.2. The first kappa shape index (κ1) is 38.0. The highest BCUT2D eigenvalue weighted by Crippen LogP contribution is 2.33. The van der Waals surface area contributed by atoms with Gasteiger partial charge in [-0.25, -0.2) is 4.79 Å². The van der Waals surface area contributed by atoms with Crippen LogP contribution in [0.1, 0.15) is 57.7 Å². The summed E-state index contributed by atoms with van der Waals surface area (Å²) in [5, 5.41) is 3.36. The Morgan fingerprint density at radius 3 is 2.25 bits per heavy atom. The molecule has 1 atom stereocenters. The van der Waals surface area contributed by atoms with E-state index in [0.717, 1.165) is 28.3 Å². The van der Waals surface area contributed by atoms with Crippen molar-refractivity contribution in [1.29, 1.82) is 0 Å². The lowest BCUT2D eigenvalue weighted by Gasteiger charge is -2.42. The smallest absolute Gasteiger partial charge is 0.419 e. The van der Waals surface area contributed by atoms with Crippen LogP contribution >= 0.6 is 11.6 Å². The number of hydrogen-bond donors (Lipinski definition) is 2. The van der Waals surface area contributed by atoms with E-state index in [1.165, 1.54) is 23.1 Å². The van der Waals surface area contributed by atoms with Crippen molar-refractivity contribution in [2.75, 3.05) is 26.2 Å². The van der Waals surface area contributed by atoms with Gasteiger partial charge in [0.05, 0.1) is 18.0 Å². The molecule has 1 unspecified atom stereocenters. The number of likely N-dealkylation sites (tertiary alicyclic amines) is 1. The van der Waals surface area contributed by atoms with Crippen LogP contribution in [-0.2, 0) is 16.0 Å². The van der Waals surface area contributed by atoms with Crippen LogP contribution in [0.3, 0.4) is 0 Å². The Balaban J connectivity index is 1.40. The Morgan fingerprint density at radius 1 is 0.923 bits per heavy atom. The molecular formula is C39H38ClF3N4O5. The Bertz CT molecular complexity index is 1910. The van der Waals surface area contributed by atoms with Crippen molar-refractivity contribution in [3.05, 3.63) is 124 Å². The molecule has 272 valence electrons. The van der Waals surface area contributed by atoms with Gasteiger partial charge in [-0.05, 0) is 78.4 Å². The number of halogens is 4. The molecular weight excluding hydrogens is 697 g/mol. The Labute approximate surface area is 304 Å². The van der Waals surface area contributed by atoms with Crippen LogP contribution in [0.15, 0.2) is 97.1 Å². The number of ether oxygens (including phenoxy) is 1. The lowest BCUT2D eigenvalue weighted by Crippen LogP contribution is -2.50. The van der Waals surface area contributed by atoms with E-state index in [1.54, 1.807) is 36.4 Å². The molecule has 3 amide bonds. The second-order valence-corrected chi connectivity index (χ2v) is 12.8. The molecule has 4 aromatic carbocycles. The molecule has 0 saturated carbocycles. The lowest BCUT2D eigenvalue weighted by atomic mass is 9.93. The fraction of sp³-hybridized carbons (Fsp3) is 0.282. The Kier molecular flexibility index (Phi) is 12.3. The van der Waals surface area contributed by atoms with Crippen LogP contribution < -0.4 is 15.8 Å². The van der Waals surface area contributed by atoms with Gasteiger partial charge in [0.15, 0.2) is 0 Å². The third-order valence-electron chi connectivity index (χ3n) is 8.95. The van der Waals surface area contributed by atoms with Gasteiger partial charge >= 0.3 is 12.1 Å². The summed E-state index contributed by atoms with van der Waals surface area (Å²) in [5.74, 6) is -3.88. The van der Waals surface area contributed by atoms with Gasteiger partial charge in [0.25, 0.3) is 11.8 Å². The van der Waals surface area contributed by atoms with Crippen LogP contribution in [0.5, 0.6) is 5.75 Å². The number of hydrogen-bond acceptors (Lipinski definition) is 6. The number of nitrogens with zero attached hydrogens (tertiary/aromatic N) is 2. The minimum Gasteiger partial charge on any atom is -0.419 e. The quantitative estimate of drug-likeness (QED) is 0.132. The number of esters is 1. The van der Waals surface area contributed by atoms with E-state index >= 15 is 0 Å². The van der Waals surface area contributed by atoms with Gasteiger partial charge in [0.2, 0.25) is 5.91 Å². The SMILES string of the molecule is CC(c1cccc(-c2ccccc2C(=O)NCCN)c1)N(C(=O)Cc1ccc(Cl)cc1)C1CCN(C(=O)c2ccccc2OC(=O)C(F)(F)F)CC1. The van der Waals surface area contributed by atoms with Crippen molar-refractivity contribution in [2.45, 2.75) is 44.4 Å². The van der Waals surface area contributed by atoms with Crippen molar-refractivity contribution in [1.82, 2.24) is 15.1 Å². The van der Waals surface area contributed by atoms with Gasteiger partial charge in [0.1, 0.15) is 5.75 Å². The zero-order valence-electron chi connectivity index (χ0n) is 28.4. The molecule has 0 aromatic heterocycles. The number of nitrogens with one attached hydrogen (secondary N) is 1. The fourth-order valence-corrected chi connectivity index (χ4v) is 6.48. The molecule has 13 heteroatoms. The van der Waals surface area contributed by atoms with E-state index in [2.05, 4.69) is 10.1 Å². The number of nitrogens with two attached hydrogens (primary N) is 1. The Hall–Kier alpha value is -5.20. The normalized spacial score (nSPS) is 14.0. The number of alkyl halides is 3. The van der Waals surface area contributed by atoms with Crippen LogP contribution in [-0.4, -0.2) is 71.9 Å². The second-order valence-electron chi connectivity index (χ2n) is 12.4. The number of para-hydroxylation sites is 1. The van der Waals surface area contributed by atoms with Crippen LogP contribution in [0, 0.1) is 0 Å². The van der Waals surface area contributed by atoms with E-state index in [9.17, 15) is 32.3 Å². The predicted octanol–water partition coefficient (Wildman–Crippen LogP) is 6.60. The minimum absolute atomic E-state index is 0.0996. The molecule has 4 aromatic rings. The molecule has 9 nitrogen and oxygen atoms in total. The third kappa shape index (κ3) is 9.17. The molecule has 5 rings (SSSR count). The zero-order valence-corrected chi connectivity index (χ0v) is 29.1. The molecule has 1 aliphatic heterocycles. The highest BCUT2D eigenvalue weighted by atomic mass is 35.5. The summed E-state index contributed by atoms with van der Waals surface area (Å²) in [6.07, 6.45) is -4.36. The zero-order chi connectivity index (χ0) is 37.4. The molecule has 1 heterocycles. The molecule has 0 aliphatic carbocycles. The predicted molar refractivity (Wildman–Crippen MR) is 191 cm³/mol. The number of amides is 3. The van der Waals surface area contributed by atoms with Crippen molar-refractivity contribution >= 4 is 35.3 Å². The number of carbonyl (C=O) groups is 4. The van der Waals surface area contributed by atoms with E-state index in [-0.39, 0.29) is 42.9 Å². The van der Waals surface area contributed by atoms with Crippen LogP contribution in [0.2, 0.25) is 5.02 Å². The molecule has 0 bridgehead atoms. The Morgan fingerprint density at radius 2 is 1.58 bits per heavy atom. The highest BCUT2D eigenvalue weighted by molar-refractivity contribution is 6.30. The molecule has 1 saturated heterocycles. The van der Waals surface area contributed by atoms with Crippen molar-refractivity contribution in [3.63, 3.8) is 0 Å². The summed E-state index contributed by atoms with van der Waals surface area (Å²) in [7, 11) is 0. The minimum atomic E-state index is -5.23. The molecule has 0 radical (unpaired) electrons. The molecule has 1 fully saturated rings. The molecule has 52 heavy (non-hydrogen) atoms. The van der Waals surface area contributed by atoms with E-state index in [4.69, 9.17) is 17.3 Å². The van der Waals surface area contributed by atoms with E-state index in [0.29, 0.717) is 36.5 Å². The lowest BCUT2D eigenvalue weighted by molar-refractivity contribution is -0.189. The van der Waals surface area contributed by atoms with Gasteiger partial charge in [-0.3, -0.25) is 14.4 Å². The van der Waals surface area contributed by atoms with E-state index in [1.807, 2.05) is 48.2 Å². The van der Waals surface area contributed by atoms with Crippen molar-refractivity contribution < 1.29 is 37.1 Å². The summed E-state index contributed by atoms with van der Waals surface area (Å²) >= 11 is 6.09. The average molecular weight is 735 g/mol. The maximum Gasteiger partial charge on any atom is 0.491 e. The van der Waals surface area contributed by atoms with Gasteiger partial charge in [-0.15, -0.1) is 0 Å². The number of benzene rings is 4. The highest BCUT2D eigenvalue weighted by Gasteiger charge is 2.42. The maximum atomic E-state index is 14.2. The standard InChI is InChI=1S/C39H38ClF3N4O5/c1-25(27-7-6-8-28(24-27)31-9-2-3-10-32(31)36(49)45-20-19-44)47(35(48)23-26-13-15-29(40)16-14-26)30-17-21-46(22-18-30)37(50)33-11-4-5-12-34(33)52-38(51)39(41,42)43/h2-16,24-25,30H,17-23,44H2,1H3,(H,45,49). The number of piperidine rings is 1. The summed E-state index contributed by atoms with van der Waals surface area (Å²) in [6, 6.07) is 26.5. The van der Waals surface area contributed by atoms with E-state index < -0.39 is 29.8 Å². The first-order chi connectivity index (χ1) is 24.9. The summed E-state index contributed by atoms with van der Waals surface area (Å²) < 4.78 is 43.3. The number of carbonyl (C=O) groups excluding carboxylic acids is 4. The second kappa shape index (κ2) is 16.9. The van der Waals surface area contributed by atoms with Gasteiger partial charge in [-0.1, -0.05) is 72.3 Å². The first-order valence-electron chi connectivity index (χ1n) is 16.8. The summed E-state index contributed by atoms with van der Waals surface area (Å²) in [5.41, 5.74) is 9.02. The molecule has 1 aliphatic rings. The molecule has 0 spiro atoms. The van der Waals surface area contributed by atoms with Crippen molar-refractivity contribution in [2.24, 2.45) is 5.73 Å². The monoisotopic (exact) mass is 734 g/mol. The summed E-state index contributed by atoms with van der Waals surface area (Å²) in [4.78, 5) is 55.5. The molecule has 3 N–H and O–H groups in total. The van der Waals surface area contributed by atoms with Crippen LogP contribution in [0.25, 0.3) is 11.1 Å². The number of rotatable bonds is 11. The van der Waals surface area contributed by atoms with Crippen LogP contribution in [0.4, 0.5) is 13.2 Å². The average Bonchev–Trinajstić information content (AvgIpc) is 3.14. The van der Waals surface area contributed by atoms with Gasteiger partial charge < -0.3 is 25.6 Å². The van der Waals surface area contributed by atoms with Gasteiger partial charge in [-0.2, -0.15) is 13.2 Å². The maximum absolute atomic E-state index is 14.2. The fourth-order valence-electron chi connectivity index (χ4n) is 6.35. The topological polar surface area (TPSA) is 122 Å². The summed E-state index contributed by atoms with van der Waals surface area (Å²) in [6.45, 7) is 2.97. The van der Waals surface area contributed by atoms with Crippen molar-refractivity contribution in [3.8, 4) is 16.9 Å². The van der Waals surface area contributed by atoms with Gasteiger partial charge in [0, 0.05) is 42.8 Å². The third-order valence-corrected chi connectivity index (χ3v) is 9.20. The largest absolute Gasteiger partial charge is 0.491 e.